The maximum absolute atomic E-state index is 13.9. The van der Waals surface area contributed by atoms with E-state index in [1.807, 2.05) is 215 Å². The summed E-state index contributed by atoms with van der Waals surface area (Å²) in [6.45, 7) is 10.4. The summed E-state index contributed by atoms with van der Waals surface area (Å²) in [6.07, 6.45) is -0.0351. The van der Waals surface area contributed by atoms with Gasteiger partial charge in [-0.1, -0.05) is 218 Å². The van der Waals surface area contributed by atoms with Crippen LogP contribution in [0.5, 0.6) is 0 Å². The van der Waals surface area contributed by atoms with Crippen molar-refractivity contribution >= 4 is 40.7 Å². The highest BCUT2D eigenvalue weighted by Crippen LogP contribution is 2.44. The number of aliphatic hydroxyl groups excluding tert-OH is 1. The monoisotopic (exact) mass is 1090 g/mol. The zero-order valence-electron chi connectivity index (χ0n) is 47.2. The van der Waals surface area contributed by atoms with Crippen LogP contribution in [0.4, 0.5) is 0 Å². The van der Waals surface area contributed by atoms with E-state index in [0.717, 1.165) is 44.5 Å². The van der Waals surface area contributed by atoms with Crippen LogP contribution in [0.3, 0.4) is 0 Å². The van der Waals surface area contributed by atoms with Gasteiger partial charge in [-0.25, -0.2) is 0 Å². The molecule has 82 heavy (non-hydrogen) atoms. The summed E-state index contributed by atoms with van der Waals surface area (Å²) < 4.78 is 0. The Balaban J connectivity index is 0.000000174. The molecule has 8 aromatic rings. The van der Waals surface area contributed by atoms with E-state index in [1.54, 1.807) is 34.1 Å². The van der Waals surface area contributed by atoms with Crippen LogP contribution in [0.1, 0.15) is 116 Å². The molecule has 0 aromatic heterocycles. The van der Waals surface area contributed by atoms with Gasteiger partial charge in [0.05, 0.1) is 6.61 Å². The van der Waals surface area contributed by atoms with Crippen LogP contribution in [0.25, 0.3) is 0 Å². The Hall–Kier alpha value is -8.99. The average Bonchev–Trinajstić information content (AvgIpc) is 3.57. The Morgan fingerprint density at radius 3 is 0.902 bits per heavy atom. The van der Waals surface area contributed by atoms with Crippen LogP contribution in [0.2, 0.25) is 0 Å². The second-order valence-electron chi connectivity index (χ2n) is 21.2. The number of likely N-dealkylation sites (tertiary alicyclic amines) is 2. The number of hydrogen-bond acceptors (Lipinski definition) is 8. The van der Waals surface area contributed by atoms with Crippen LogP contribution < -0.4 is 0 Å². The molecule has 4 atom stereocenters. The van der Waals surface area contributed by atoms with Crippen molar-refractivity contribution in [2.45, 2.75) is 52.9 Å². The highest BCUT2D eigenvalue weighted by Gasteiger charge is 2.48. The topological polar surface area (TPSA) is 146 Å². The molecule has 416 valence electrons. The van der Waals surface area contributed by atoms with Gasteiger partial charge in [0, 0.05) is 108 Å². The number of rotatable bonds is 14. The molecule has 10 rings (SSSR count). The average molecular weight is 1090 g/mol. The molecule has 2 amide bonds. The molecule has 2 aliphatic rings. The standard InChI is InChI=1S/C30H31NO4.C29H29NO3.C13H10O/c1-20-10-9-15-24(21(20)2)28-25(29(34)22-11-5-3-6-12-22)18-31(27(33)16-17-32)19-26(28)30(35)23-13-7-4-8-14-23;1-19-11-10-16-24(20(19)2)27-25(28(32)22-12-6-4-7-13-22)17-30(21(3)31)18-26(27)29(33)23-14-8-5-9-15-23;14-13(11-7-3-1-4-8-11)12-9-5-2-6-10-12/h3-15,25-26,28,32H,16-19H2,1-2H3;4-16,25-27H,17-18H2,1-3H3;1-10H. The van der Waals surface area contributed by atoms with E-state index in [1.165, 1.54) is 6.92 Å². The first-order valence-electron chi connectivity index (χ1n) is 28.0. The number of benzene rings is 8. The van der Waals surface area contributed by atoms with Crippen LogP contribution in [-0.2, 0) is 9.59 Å². The van der Waals surface area contributed by atoms with Gasteiger partial charge in [0.1, 0.15) is 0 Å². The lowest BCUT2D eigenvalue weighted by Gasteiger charge is -2.43. The molecule has 0 aliphatic carbocycles. The second kappa shape index (κ2) is 27.9. The molecule has 4 unspecified atom stereocenters. The summed E-state index contributed by atoms with van der Waals surface area (Å²) in [5, 5.41) is 9.39. The zero-order valence-corrected chi connectivity index (χ0v) is 47.2. The molecule has 10 nitrogen and oxygen atoms in total. The van der Waals surface area contributed by atoms with Gasteiger partial charge in [-0.2, -0.15) is 0 Å². The molecule has 10 heteroatoms. The fourth-order valence-electron chi connectivity index (χ4n) is 11.6. The van der Waals surface area contributed by atoms with Gasteiger partial charge in [-0.3, -0.25) is 33.6 Å². The molecule has 0 saturated carbocycles. The molecular weight excluding hydrogens is 1020 g/mol. The number of Topliss-reactive ketones (excluding diaryl/α,β-unsaturated/α-hetero) is 4. The summed E-state index contributed by atoms with van der Waals surface area (Å²) in [7, 11) is 0. The van der Waals surface area contributed by atoms with Crippen molar-refractivity contribution in [1.82, 2.24) is 9.80 Å². The van der Waals surface area contributed by atoms with Gasteiger partial charge in [0.15, 0.2) is 28.9 Å². The van der Waals surface area contributed by atoms with Crippen molar-refractivity contribution in [3.63, 3.8) is 0 Å². The first-order valence-corrected chi connectivity index (χ1v) is 28.0. The molecule has 8 aromatic carbocycles. The molecular formula is C72H70N2O8. The summed E-state index contributed by atoms with van der Waals surface area (Å²) >= 11 is 0. The van der Waals surface area contributed by atoms with Crippen molar-refractivity contribution in [2.75, 3.05) is 32.8 Å². The van der Waals surface area contributed by atoms with E-state index in [2.05, 4.69) is 6.92 Å². The highest BCUT2D eigenvalue weighted by molar-refractivity contribution is 6.09. The number of ketones is 5. The van der Waals surface area contributed by atoms with Crippen molar-refractivity contribution < 1.29 is 38.7 Å². The second-order valence-corrected chi connectivity index (χ2v) is 21.2. The molecule has 1 N–H and O–H groups in total. The summed E-state index contributed by atoms with van der Waals surface area (Å²) in [5.74, 6) is -3.41. The van der Waals surface area contributed by atoms with Gasteiger partial charge in [0.25, 0.3) is 0 Å². The fourth-order valence-corrected chi connectivity index (χ4v) is 11.6. The highest BCUT2D eigenvalue weighted by atomic mass is 16.3. The van der Waals surface area contributed by atoms with Crippen molar-refractivity contribution in [3.8, 4) is 0 Å². The predicted octanol–water partition coefficient (Wildman–Crippen LogP) is 12.8. The number of piperidine rings is 2. The summed E-state index contributed by atoms with van der Waals surface area (Å²) in [6, 6.07) is 67.2. The molecule has 2 heterocycles. The van der Waals surface area contributed by atoms with Gasteiger partial charge in [0.2, 0.25) is 11.8 Å². The molecule has 0 radical (unpaired) electrons. The molecule has 0 spiro atoms. The molecule has 2 saturated heterocycles. The number of carbonyl (C=O) groups is 7. The van der Waals surface area contributed by atoms with Gasteiger partial charge < -0.3 is 14.9 Å². The number of aliphatic hydroxyl groups is 1. The third-order valence-corrected chi connectivity index (χ3v) is 16.2. The first kappa shape index (κ1) is 59.1. The van der Waals surface area contributed by atoms with Crippen LogP contribution in [0.15, 0.2) is 218 Å². The Morgan fingerprint density at radius 1 is 0.366 bits per heavy atom. The van der Waals surface area contributed by atoms with Crippen molar-refractivity contribution in [3.05, 3.63) is 285 Å². The van der Waals surface area contributed by atoms with Crippen LogP contribution >= 0.6 is 0 Å². The van der Waals surface area contributed by atoms with Crippen LogP contribution in [-0.4, -0.2) is 88.4 Å². The quantitative estimate of drug-likeness (QED) is 0.106. The minimum absolute atomic E-state index is 0.0293. The maximum Gasteiger partial charge on any atom is 0.224 e. The Labute approximate surface area is 481 Å². The van der Waals surface area contributed by atoms with Crippen molar-refractivity contribution in [2.24, 2.45) is 23.7 Å². The number of aryl methyl sites for hydroxylation is 2. The number of carbonyl (C=O) groups excluding carboxylic acids is 7. The minimum Gasteiger partial charge on any atom is -0.396 e. The van der Waals surface area contributed by atoms with E-state index >= 15 is 0 Å². The van der Waals surface area contributed by atoms with E-state index in [0.29, 0.717) is 35.3 Å². The van der Waals surface area contributed by atoms with Crippen molar-refractivity contribution in [1.29, 1.82) is 0 Å². The Bertz CT molecular complexity index is 3330. The van der Waals surface area contributed by atoms with Gasteiger partial charge in [-0.15, -0.1) is 0 Å². The van der Waals surface area contributed by atoms with Gasteiger partial charge in [-0.05, 0) is 61.1 Å². The van der Waals surface area contributed by atoms with Crippen LogP contribution in [0, 0.1) is 51.4 Å². The summed E-state index contributed by atoms with van der Waals surface area (Å²) in [4.78, 5) is 95.9. The lowest BCUT2D eigenvalue weighted by Crippen LogP contribution is -2.52. The summed E-state index contributed by atoms with van der Waals surface area (Å²) in [5.41, 5.74) is 10.2. The van der Waals surface area contributed by atoms with E-state index in [9.17, 15) is 38.7 Å². The fraction of sp³-hybridized carbons (Fsp3) is 0.236. The number of amides is 2. The number of nitrogens with zero attached hydrogens (tertiary/aromatic N) is 2. The maximum atomic E-state index is 13.9. The van der Waals surface area contributed by atoms with E-state index in [-0.39, 0.29) is 78.7 Å². The predicted molar refractivity (Wildman–Crippen MR) is 321 cm³/mol. The lowest BCUT2D eigenvalue weighted by molar-refractivity contribution is -0.134. The minimum atomic E-state index is -0.591. The SMILES string of the molecule is CC(=O)N1CC(C(=O)c2ccccc2)C(c2cccc(C)c2C)C(C(=O)c2ccccc2)C1.Cc1cccc(C2C(C(=O)c3ccccc3)CN(C(=O)CCO)CC2C(=O)c2ccccc2)c1C.O=C(c1ccccc1)c1ccccc1. The largest absolute Gasteiger partial charge is 0.396 e. The smallest absolute Gasteiger partial charge is 0.224 e. The van der Waals surface area contributed by atoms with Gasteiger partial charge >= 0.3 is 0 Å². The molecule has 0 bridgehead atoms. The lowest BCUT2D eigenvalue weighted by atomic mass is 9.67. The first-order chi connectivity index (χ1) is 39.7. The molecule has 2 aliphatic heterocycles. The Kier molecular flexibility index (Phi) is 20.1. The zero-order chi connectivity index (χ0) is 58.3. The Morgan fingerprint density at radius 2 is 0.634 bits per heavy atom. The third-order valence-electron chi connectivity index (χ3n) is 16.2. The number of hydrogen-bond donors (Lipinski definition) is 1. The third kappa shape index (κ3) is 13.9. The molecule has 2 fully saturated rings. The van der Waals surface area contributed by atoms with E-state index in [4.69, 9.17) is 0 Å². The van der Waals surface area contributed by atoms with E-state index < -0.39 is 23.7 Å². The normalized spacial score (nSPS) is 18.3.